The summed E-state index contributed by atoms with van der Waals surface area (Å²) in [5.74, 6) is 4.51. The summed E-state index contributed by atoms with van der Waals surface area (Å²) in [7, 11) is 0. The first-order valence-electron chi connectivity index (χ1n) is 6.78. The SMILES string of the molecule is CC(C)C1C2CC3CC4(O)CC1C4(C3)C2. The minimum Gasteiger partial charge on any atom is -0.389 e. The van der Waals surface area contributed by atoms with Crippen LogP contribution in [0.2, 0.25) is 0 Å². The molecule has 0 radical (unpaired) electrons. The second kappa shape index (κ2) is 2.30. The monoisotopic (exact) mass is 206 g/mol. The summed E-state index contributed by atoms with van der Waals surface area (Å²) in [6.07, 6.45) is 6.46. The molecule has 15 heavy (non-hydrogen) atoms. The van der Waals surface area contributed by atoms with Gasteiger partial charge in [0.1, 0.15) is 0 Å². The number of fused-ring (bicyclic) bond motifs is 2. The summed E-state index contributed by atoms with van der Waals surface area (Å²) in [6.45, 7) is 4.79. The van der Waals surface area contributed by atoms with E-state index < -0.39 is 0 Å². The fourth-order valence-electron chi connectivity index (χ4n) is 6.38. The fraction of sp³-hybridized carbons (Fsp3) is 1.00. The first-order chi connectivity index (χ1) is 7.06. The minimum atomic E-state index is -0.208. The quantitative estimate of drug-likeness (QED) is 0.699. The second-order valence-electron chi connectivity index (χ2n) is 7.29. The highest BCUT2D eigenvalue weighted by Gasteiger charge is 2.76. The van der Waals surface area contributed by atoms with Crippen molar-refractivity contribution in [1.29, 1.82) is 0 Å². The van der Waals surface area contributed by atoms with Crippen LogP contribution in [-0.4, -0.2) is 10.7 Å². The maximum absolute atomic E-state index is 10.7. The highest BCUT2D eigenvalue weighted by molar-refractivity contribution is 5.26. The third-order valence-corrected chi connectivity index (χ3v) is 6.51. The summed E-state index contributed by atoms with van der Waals surface area (Å²) < 4.78 is 0. The van der Waals surface area contributed by atoms with E-state index in [1.165, 1.54) is 19.3 Å². The molecule has 6 unspecified atom stereocenters. The third-order valence-electron chi connectivity index (χ3n) is 6.51. The Morgan fingerprint density at radius 1 is 1.13 bits per heavy atom. The topological polar surface area (TPSA) is 20.2 Å². The summed E-state index contributed by atoms with van der Waals surface area (Å²) in [5.41, 5.74) is 0.205. The van der Waals surface area contributed by atoms with E-state index in [1.54, 1.807) is 0 Å². The van der Waals surface area contributed by atoms with E-state index >= 15 is 0 Å². The molecule has 0 aromatic heterocycles. The van der Waals surface area contributed by atoms with Gasteiger partial charge in [-0.25, -0.2) is 0 Å². The molecule has 4 aliphatic carbocycles. The number of rotatable bonds is 1. The van der Waals surface area contributed by atoms with Crippen molar-refractivity contribution in [3.8, 4) is 0 Å². The largest absolute Gasteiger partial charge is 0.389 e. The zero-order chi connectivity index (χ0) is 10.4. The van der Waals surface area contributed by atoms with Crippen LogP contribution in [0, 0.1) is 35.0 Å². The molecule has 1 heteroatoms. The van der Waals surface area contributed by atoms with E-state index in [-0.39, 0.29) is 5.60 Å². The van der Waals surface area contributed by atoms with Gasteiger partial charge in [-0.05, 0) is 61.7 Å². The molecule has 1 N–H and O–H groups in total. The Labute approximate surface area is 92.3 Å². The second-order valence-corrected chi connectivity index (χ2v) is 7.29. The first kappa shape index (κ1) is 9.04. The fourth-order valence-corrected chi connectivity index (χ4v) is 6.38. The van der Waals surface area contributed by atoms with Crippen molar-refractivity contribution in [3.05, 3.63) is 0 Å². The van der Waals surface area contributed by atoms with Gasteiger partial charge in [0.25, 0.3) is 0 Å². The third kappa shape index (κ3) is 0.769. The lowest BCUT2D eigenvalue weighted by atomic mass is 9.51. The average Bonchev–Trinajstić information content (AvgIpc) is 2.41. The molecule has 4 fully saturated rings. The van der Waals surface area contributed by atoms with Crippen LogP contribution in [0.1, 0.15) is 46.0 Å². The Morgan fingerprint density at radius 3 is 2.67 bits per heavy atom. The molecule has 0 heterocycles. The van der Waals surface area contributed by atoms with Crippen molar-refractivity contribution in [2.24, 2.45) is 35.0 Å². The van der Waals surface area contributed by atoms with Crippen molar-refractivity contribution in [3.63, 3.8) is 0 Å². The number of hydrogen-bond donors (Lipinski definition) is 1. The Hall–Kier alpha value is -0.0400. The summed E-state index contributed by atoms with van der Waals surface area (Å²) in [5, 5.41) is 10.7. The van der Waals surface area contributed by atoms with Gasteiger partial charge in [0.05, 0.1) is 5.60 Å². The molecule has 0 saturated heterocycles. The normalized spacial score (nSPS) is 64.8. The van der Waals surface area contributed by atoms with Crippen LogP contribution in [-0.2, 0) is 0 Å². The molecule has 84 valence electrons. The predicted molar refractivity (Wildman–Crippen MR) is 59.3 cm³/mol. The number of hydrogen-bond acceptors (Lipinski definition) is 1. The number of aliphatic hydroxyl groups is 1. The van der Waals surface area contributed by atoms with Gasteiger partial charge < -0.3 is 5.11 Å². The Kier molecular flexibility index (Phi) is 1.38. The highest BCUT2D eigenvalue weighted by atomic mass is 16.3. The van der Waals surface area contributed by atoms with Gasteiger partial charge >= 0.3 is 0 Å². The van der Waals surface area contributed by atoms with E-state index in [4.69, 9.17) is 0 Å². The molecule has 6 atom stereocenters. The highest BCUT2D eigenvalue weighted by Crippen LogP contribution is 2.79. The van der Waals surface area contributed by atoms with E-state index in [9.17, 15) is 5.11 Å². The molecule has 4 saturated carbocycles. The van der Waals surface area contributed by atoms with Gasteiger partial charge in [0.15, 0.2) is 0 Å². The lowest BCUT2D eigenvalue weighted by molar-refractivity contribution is -0.188. The van der Waals surface area contributed by atoms with Crippen molar-refractivity contribution in [2.45, 2.75) is 51.6 Å². The van der Waals surface area contributed by atoms with Crippen LogP contribution < -0.4 is 0 Å². The molecule has 1 spiro atoms. The zero-order valence-electron chi connectivity index (χ0n) is 9.87. The standard InChI is InChI=1S/C14H22O/c1-8(2)12-10-3-9-4-13(6-10)11(12)7-14(13,15)5-9/h8-12,15H,3-7H2,1-2H3. The maximum Gasteiger partial charge on any atom is 0.0712 e. The molecule has 0 aromatic rings. The molecular formula is C14H22O. The molecule has 0 amide bonds. The van der Waals surface area contributed by atoms with E-state index in [2.05, 4.69) is 13.8 Å². The van der Waals surface area contributed by atoms with E-state index in [0.717, 1.165) is 42.4 Å². The van der Waals surface area contributed by atoms with Crippen LogP contribution in [0.15, 0.2) is 0 Å². The lowest BCUT2D eigenvalue weighted by Crippen LogP contribution is -2.59. The molecule has 4 rings (SSSR count). The maximum atomic E-state index is 10.7. The smallest absolute Gasteiger partial charge is 0.0712 e. The van der Waals surface area contributed by atoms with Crippen LogP contribution in [0.4, 0.5) is 0 Å². The molecule has 3 bridgehead atoms. The first-order valence-corrected chi connectivity index (χ1v) is 6.78. The average molecular weight is 206 g/mol. The summed E-state index contributed by atoms with van der Waals surface area (Å²) >= 11 is 0. The van der Waals surface area contributed by atoms with Gasteiger partial charge in [0, 0.05) is 5.41 Å². The Balaban J connectivity index is 1.80. The summed E-state index contributed by atoms with van der Waals surface area (Å²) in [6, 6.07) is 0. The van der Waals surface area contributed by atoms with Gasteiger partial charge in [0.2, 0.25) is 0 Å². The van der Waals surface area contributed by atoms with Crippen LogP contribution in [0.25, 0.3) is 0 Å². The van der Waals surface area contributed by atoms with Gasteiger partial charge in [-0.3, -0.25) is 0 Å². The van der Waals surface area contributed by atoms with Gasteiger partial charge in [-0.1, -0.05) is 13.8 Å². The Morgan fingerprint density at radius 2 is 1.93 bits per heavy atom. The minimum absolute atomic E-state index is 0.208. The van der Waals surface area contributed by atoms with Crippen molar-refractivity contribution in [1.82, 2.24) is 0 Å². The van der Waals surface area contributed by atoms with Crippen molar-refractivity contribution < 1.29 is 5.11 Å². The Bertz CT molecular complexity index is 323. The van der Waals surface area contributed by atoms with E-state index in [1.807, 2.05) is 0 Å². The van der Waals surface area contributed by atoms with Crippen molar-refractivity contribution >= 4 is 0 Å². The van der Waals surface area contributed by atoms with Crippen molar-refractivity contribution in [2.75, 3.05) is 0 Å². The van der Waals surface area contributed by atoms with E-state index in [0.29, 0.717) is 5.41 Å². The van der Waals surface area contributed by atoms with Crippen LogP contribution in [0.5, 0.6) is 0 Å². The molecule has 4 aliphatic rings. The van der Waals surface area contributed by atoms with Crippen LogP contribution in [0.3, 0.4) is 0 Å². The zero-order valence-corrected chi connectivity index (χ0v) is 9.87. The molecule has 0 aliphatic heterocycles. The van der Waals surface area contributed by atoms with Gasteiger partial charge in [-0.15, -0.1) is 0 Å². The lowest BCUT2D eigenvalue weighted by Gasteiger charge is -2.57. The predicted octanol–water partition coefficient (Wildman–Crippen LogP) is 2.83. The van der Waals surface area contributed by atoms with Crippen LogP contribution >= 0.6 is 0 Å². The molecule has 0 aromatic carbocycles. The molecule has 1 nitrogen and oxygen atoms in total. The van der Waals surface area contributed by atoms with Gasteiger partial charge in [-0.2, -0.15) is 0 Å². The molecular weight excluding hydrogens is 184 g/mol. The summed E-state index contributed by atoms with van der Waals surface area (Å²) in [4.78, 5) is 0.